The Morgan fingerprint density at radius 1 is 1.13 bits per heavy atom. The molecule has 5 heteroatoms. The number of carbonyl (C=O) groups is 1. The van der Waals surface area contributed by atoms with Crippen LogP contribution in [-0.4, -0.2) is 29.1 Å². The van der Waals surface area contributed by atoms with Gasteiger partial charge in [-0.3, -0.25) is 4.90 Å². The number of fused-ring (bicyclic) bond motifs is 2. The van der Waals surface area contributed by atoms with Gasteiger partial charge in [-0.05, 0) is 34.7 Å². The summed E-state index contributed by atoms with van der Waals surface area (Å²) in [4.78, 5) is 16.8. The van der Waals surface area contributed by atoms with Gasteiger partial charge in [-0.1, -0.05) is 49.6 Å². The Kier molecular flexibility index (Phi) is 4.24. The third-order valence-corrected chi connectivity index (χ3v) is 6.06. The van der Waals surface area contributed by atoms with Crippen LogP contribution in [0.3, 0.4) is 0 Å². The molecule has 2 N–H and O–H groups in total. The molecule has 0 aliphatic carbocycles. The monoisotopic (exact) mass is 397 g/mol. The third-order valence-electron chi connectivity index (χ3n) is 6.06. The van der Waals surface area contributed by atoms with Crippen molar-refractivity contribution < 1.29 is 9.90 Å². The van der Waals surface area contributed by atoms with E-state index in [1.165, 1.54) is 5.56 Å². The molecule has 3 aromatic rings. The molecule has 0 spiro atoms. The summed E-state index contributed by atoms with van der Waals surface area (Å²) >= 11 is 0. The molecule has 2 aliphatic rings. The molecule has 0 bridgehead atoms. The average molecular weight is 397 g/mol. The number of phenols is 1. The van der Waals surface area contributed by atoms with Gasteiger partial charge in [-0.15, -0.1) is 0 Å². The van der Waals surface area contributed by atoms with Gasteiger partial charge in [-0.25, -0.2) is 4.79 Å². The summed E-state index contributed by atoms with van der Waals surface area (Å²) in [5.41, 5.74) is 4.79. The maximum absolute atomic E-state index is 13.0. The first-order valence-corrected chi connectivity index (χ1v) is 10.0. The number of carbonyl (C=O) groups excluding carboxylic acids is 1. The van der Waals surface area contributed by atoms with Gasteiger partial charge in [-0.2, -0.15) is 0 Å². The van der Waals surface area contributed by atoms with E-state index in [-0.39, 0.29) is 11.8 Å². The molecule has 30 heavy (non-hydrogen) atoms. The van der Waals surface area contributed by atoms with E-state index >= 15 is 0 Å². The second-order valence-electron chi connectivity index (χ2n) is 7.92. The molecule has 2 amide bonds. The van der Waals surface area contributed by atoms with Crippen LogP contribution < -0.4 is 10.2 Å². The van der Waals surface area contributed by atoms with Crippen LogP contribution in [-0.2, 0) is 6.54 Å². The number of phenolic OH excluding ortho intramolecular Hbond substituents is 1. The van der Waals surface area contributed by atoms with Gasteiger partial charge in [0.2, 0.25) is 0 Å². The highest BCUT2D eigenvalue weighted by molar-refractivity contribution is 6.10. The highest BCUT2D eigenvalue weighted by Crippen LogP contribution is 2.37. The first-order valence-electron chi connectivity index (χ1n) is 10.0. The van der Waals surface area contributed by atoms with Crippen LogP contribution in [0, 0.1) is 0 Å². The van der Waals surface area contributed by atoms with E-state index in [9.17, 15) is 9.90 Å². The normalized spacial score (nSPS) is 16.1. The van der Waals surface area contributed by atoms with Crippen molar-refractivity contribution in [3.8, 4) is 5.75 Å². The summed E-state index contributed by atoms with van der Waals surface area (Å²) in [6, 6.07) is 17.3. The minimum Gasteiger partial charge on any atom is -0.508 e. The van der Waals surface area contributed by atoms with Gasteiger partial charge < -0.3 is 15.3 Å². The Labute approximate surface area is 175 Å². The van der Waals surface area contributed by atoms with Gasteiger partial charge >= 0.3 is 6.03 Å². The van der Waals surface area contributed by atoms with Crippen LogP contribution in [0.25, 0.3) is 10.8 Å². The van der Waals surface area contributed by atoms with Crippen molar-refractivity contribution in [3.05, 3.63) is 90.7 Å². The first-order chi connectivity index (χ1) is 14.5. The molecule has 1 fully saturated rings. The number of anilines is 2. The molecule has 0 aromatic heterocycles. The van der Waals surface area contributed by atoms with Crippen molar-refractivity contribution in [2.45, 2.75) is 12.5 Å². The number of nitrogens with zero attached hydrogens (tertiary/aromatic N) is 2. The van der Waals surface area contributed by atoms with Crippen LogP contribution in [0.4, 0.5) is 16.2 Å². The van der Waals surface area contributed by atoms with Gasteiger partial charge in [0.05, 0.1) is 12.2 Å². The van der Waals surface area contributed by atoms with Crippen molar-refractivity contribution >= 4 is 28.2 Å². The first kappa shape index (κ1) is 18.3. The van der Waals surface area contributed by atoms with Crippen molar-refractivity contribution in [3.63, 3.8) is 0 Å². The number of benzene rings is 3. The standard InChI is InChI=1S/C25H23N3O2/c1-3-16(2)27-13-20(14-27)17-8-9-19-15-28(25(30)26-23(19)11-17)24-12-21(29)10-18-6-4-5-7-22(18)24/h3-12,20,29H,1-2,13-15H2,(H,26,30). The minimum atomic E-state index is -0.189. The quantitative estimate of drug-likeness (QED) is 0.595. The predicted molar refractivity (Wildman–Crippen MR) is 121 cm³/mol. The van der Waals surface area contributed by atoms with E-state index in [2.05, 4.69) is 41.6 Å². The van der Waals surface area contributed by atoms with Crippen molar-refractivity contribution in [2.24, 2.45) is 0 Å². The molecule has 0 unspecified atom stereocenters. The SMILES string of the molecule is C=CC(=C)N1CC(c2ccc3c(c2)NC(=O)N(c2cc(O)cc4ccccc24)C3)C1. The fourth-order valence-corrected chi connectivity index (χ4v) is 4.27. The number of amides is 2. The molecular weight excluding hydrogens is 374 g/mol. The molecule has 2 heterocycles. The van der Waals surface area contributed by atoms with Gasteiger partial charge in [0.15, 0.2) is 0 Å². The fraction of sp³-hybridized carbons (Fsp3) is 0.160. The molecule has 0 radical (unpaired) electrons. The average Bonchev–Trinajstić information content (AvgIpc) is 2.71. The summed E-state index contributed by atoms with van der Waals surface area (Å²) in [7, 11) is 0. The molecule has 5 nitrogen and oxygen atoms in total. The maximum atomic E-state index is 13.0. The number of allylic oxidation sites excluding steroid dienone is 1. The summed E-state index contributed by atoms with van der Waals surface area (Å²) in [5.74, 6) is 0.574. The lowest BCUT2D eigenvalue weighted by molar-refractivity contribution is 0.206. The summed E-state index contributed by atoms with van der Waals surface area (Å²) in [5, 5.41) is 15.0. The number of rotatable bonds is 4. The van der Waals surface area contributed by atoms with Crippen LogP contribution in [0.2, 0.25) is 0 Å². The summed E-state index contributed by atoms with van der Waals surface area (Å²) in [6.07, 6.45) is 1.78. The molecule has 2 aliphatic heterocycles. The molecule has 150 valence electrons. The Morgan fingerprint density at radius 3 is 2.73 bits per heavy atom. The van der Waals surface area contributed by atoms with Crippen LogP contribution in [0.5, 0.6) is 5.75 Å². The van der Waals surface area contributed by atoms with E-state index in [0.29, 0.717) is 18.2 Å². The van der Waals surface area contributed by atoms with Crippen LogP contribution >= 0.6 is 0 Å². The minimum absolute atomic E-state index is 0.147. The van der Waals surface area contributed by atoms with Crippen LogP contribution in [0.15, 0.2) is 79.5 Å². The third kappa shape index (κ3) is 2.99. The summed E-state index contributed by atoms with van der Waals surface area (Å²) in [6.45, 7) is 10.1. The lowest BCUT2D eigenvalue weighted by atomic mass is 9.89. The topological polar surface area (TPSA) is 55.8 Å². The number of likely N-dealkylation sites (tertiary alicyclic amines) is 1. The Hall–Kier alpha value is -3.73. The number of hydrogen-bond acceptors (Lipinski definition) is 3. The summed E-state index contributed by atoms with van der Waals surface area (Å²) < 4.78 is 0. The molecule has 0 saturated carbocycles. The van der Waals surface area contributed by atoms with E-state index in [4.69, 9.17) is 0 Å². The largest absolute Gasteiger partial charge is 0.508 e. The Morgan fingerprint density at radius 2 is 1.93 bits per heavy atom. The van der Waals surface area contributed by atoms with Gasteiger partial charge in [0.25, 0.3) is 0 Å². The van der Waals surface area contributed by atoms with Crippen molar-refractivity contribution in [2.75, 3.05) is 23.3 Å². The lowest BCUT2D eigenvalue weighted by Gasteiger charge is -2.42. The molecule has 0 atom stereocenters. The zero-order chi connectivity index (χ0) is 20.8. The van der Waals surface area contributed by atoms with Crippen LogP contribution in [0.1, 0.15) is 17.0 Å². The number of urea groups is 1. The number of nitrogens with one attached hydrogen (secondary N) is 1. The van der Waals surface area contributed by atoms with Gasteiger partial charge in [0.1, 0.15) is 5.75 Å². The fourth-order valence-electron chi connectivity index (χ4n) is 4.27. The van der Waals surface area contributed by atoms with Crippen molar-refractivity contribution in [1.82, 2.24) is 4.90 Å². The van der Waals surface area contributed by atoms with Crippen molar-refractivity contribution in [1.29, 1.82) is 0 Å². The zero-order valence-corrected chi connectivity index (χ0v) is 16.6. The Bertz CT molecular complexity index is 1190. The molecular formula is C25H23N3O2. The second kappa shape index (κ2) is 6.95. The predicted octanol–water partition coefficient (Wildman–Crippen LogP) is 5.20. The number of hydrogen-bond donors (Lipinski definition) is 2. The maximum Gasteiger partial charge on any atom is 0.326 e. The second-order valence-corrected chi connectivity index (χ2v) is 7.92. The van der Waals surface area contributed by atoms with E-state index in [0.717, 1.165) is 40.8 Å². The molecule has 5 rings (SSSR count). The highest BCUT2D eigenvalue weighted by atomic mass is 16.3. The van der Waals surface area contributed by atoms with E-state index in [1.54, 1.807) is 23.1 Å². The van der Waals surface area contributed by atoms with E-state index < -0.39 is 0 Å². The van der Waals surface area contributed by atoms with E-state index in [1.807, 2.05) is 24.3 Å². The number of aromatic hydroxyl groups is 1. The zero-order valence-electron chi connectivity index (χ0n) is 16.6. The highest BCUT2D eigenvalue weighted by Gasteiger charge is 2.30. The lowest BCUT2D eigenvalue weighted by Crippen LogP contribution is -2.43. The Balaban J connectivity index is 1.43. The molecule has 1 saturated heterocycles. The molecule has 3 aromatic carbocycles. The van der Waals surface area contributed by atoms with Gasteiger partial charge in [0, 0.05) is 41.8 Å². The smallest absolute Gasteiger partial charge is 0.326 e.